The van der Waals surface area contributed by atoms with E-state index in [9.17, 15) is 0 Å². The van der Waals surface area contributed by atoms with Crippen LogP contribution in [0.4, 0.5) is 0 Å². The van der Waals surface area contributed by atoms with Crippen molar-refractivity contribution >= 4 is 5.96 Å². The average Bonchev–Trinajstić information content (AvgIpc) is 2.61. The number of nitrogens with zero attached hydrogens (tertiary/aromatic N) is 3. The second-order valence-electron chi connectivity index (χ2n) is 6.65. The van der Waals surface area contributed by atoms with Crippen LogP contribution in [0.5, 0.6) is 0 Å². The van der Waals surface area contributed by atoms with Crippen LogP contribution < -0.4 is 5.32 Å². The molecule has 0 spiro atoms. The molecule has 0 aromatic heterocycles. The number of nitrogens with one attached hydrogen (secondary N) is 1. The maximum Gasteiger partial charge on any atom is 0.193 e. The minimum Gasteiger partial charge on any atom is -0.383 e. The zero-order chi connectivity index (χ0) is 17.6. The Bertz CT molecular complexity index is 333. The first-order chi connectivity index (χ1) is 11.7. The van der Waals surface area contributed by atoms with E-state index in [-0.39, 0.29) is 0 Å². The van der Waals surface area contributed by atoms with Crippen molar-refractivity contribution in [1.82, 2.24) is 15.1 Å². The molecule has 0 radical (unpaired) electrons. The van der Waals surface area contributed by atoms with E-state index in [2.05, 4.69) is 36.1 Å². The van der Waals surface area contributed by atoms with E-state index in [1.807, 2.05) is 0 Å². The second-order valence-corrected chi connectivity index (χ2v) is 6.65. The zero-order valence-corrected chi connectivity index (χ0v) is 16.2. The van der Waals surface area contributed by atoms with Gasteiger partial charge in [0.25, 0.3) is 0 Å². The van der Waals surface area contributed by atoms with E-state index in [1.54, 1.807) is 7.11 Å². The van der Waals surface area contributed by atoms with Crippen LogP contribution in [-0.4, -0.2) is 89.5 Å². The molecule has 0 amide bonds. The Labute approximate surface area is 148 Å². The minimum atomic E-state index is 0.789. The van der Waals surface area contributed by atoms with Crippen LogP contribution in [0.1, 0.15) is 32.6 Å². The first-order valence-corrected chi connectivity index (χ1v) is 9.42. The summed E-state index contributed by atoms with van der Waals surface area (Å²) in [6, 6.07) is 0. The molecular formula is C18H38N4O2. The van der Waals surface area contributed by atoms with E-state index in [0.29, 0.717) is 0 Å². The third kappa shape index (κ3) is 9.45. The van der Waals surface area contributed by atoms with E-state index in [4.69, 9.17) is 14.5 Å². The van der Waals surface area contributed by atoms with E-state index in [0.717, 1.165) is 70.8 Å². The van der Waals surface area contributed by atoms with Crippen LogP contribution in [-0.2, 0) is 9.47 Å². The normalized spacial score (nSPS) is 16.6. The fraction of sp³-hybridized carbons (Fsp3) is 0.944. The van der Waals surface area contributed by atoms with Crippen molar-refractivity contribution in [3.05, 3.63) is 0 Å². The van der Waals surface area contributed by atoms with Crippen molar-refractivity contribution in [1.29, 1.82) is 0 Å². The lowest BCUT2D eigenvalue weighted by Gasteiger charge is -2.27. The van der Waals surface area contributed by atoms with Crippen LogP contribution in [0.25, 0.3) is 0 Å². The predicted octanol–water partition coefficient (Wildman–Crippen LogP) is 1.67. The van der Waals surface area contributed by atoms with Crippen molar-refractivity contribution in [3.63, 3.8) is 0 Å². The van der Waals surface area contributed by atoms with E-state index >= 15 is 0 Å². The van der Waals surface area contributed by atoms with E-state index in [1.165, 1.54) is 19.3 Å². The van der Waals surface area contributed by atoms with Gasteiger partial charge in [0.15, 0.2) is 5.96 Å². The number of hydrogen-bond acceptors (Lipinski definition) is 4. The fourth-order valence-electron chi connectivity index (χ4n) is 2.87. The molecule has 6 nitrogen and oxygen atoms in total. The van der Waals surface area contributed by atoms with Gasteiger partial charge in [-0.05, 0) is 52.1 Å². The number of methoxy groups -OCH3 is 1. The van der Waals surface area contributed by atoms with Gasteiger partial charge in [0.2, 0.25) is 0 Å². The molecule has 1 heterocycles. The topological polar surface area (TPSA) is 49.3 Å². The predicted molar refractivity (Wildman–Crippen MR) is 101 cm³/mol. The number of hydrogen-bond donors (Lipinski definition) is 1. The third-order valence-electron chi connectivity index (χ3n) is 4.55. The second kappa shape index (κ2) is 13.4. The lowest BCUT2D eigenvalue weighted by molar-refractivity contribution is 0.0625. The third-order valence-corrected chi connectivity index (χ3v) is 4.55. The van der Waals surface area contributed by atoms with Gasteiger partial charge in [-0.25, -0.2) is 0 Å². The van der Waals surface area contributed by atoms with Gasteiger partial charge in [-0.2, -0.15) is 0 Å². The summed E-state index contributed by atoms with van der Waals surface area (Å²) in [6.07, 6.45) is 4.71. The quantitative estimate of drug-likeness (QED) is 0.352. The summed E-state index contributed by atoms with van der Waals surface area (Å²) < 4.78 is 10.5. The van der Waals surface area contributed by atoms with Crippen molar-refractivity contribution < 1.29 is 9.47 Å². The van der Waals surface area contributed by atoms with Gasteiger partial charge < -0.3 is 24.6 Å². The summed E-state index contributed by atoms with van der Waals surface area (Å²) in [6.45, 7) is 9.64. The number of guanidine groups is 1. The van der Waals surface area contributed by atoms with Gasteiger partial charge in [0, 0.05) is 53.6 Å². The highest BCUT2D eigenvalue weighted by Gasteiger charge is 2.15. The van der Waals surface area contributed by atoms with Gasteiger partial charge in [-0.15, -0.1) is 0 Å². The minimum absolute atomic E-state index is 0.789. The van der Waals surface area contributed by atoms with Gasteiger partial charge >= 0.3 is 0 Å². The Morgan fingerprint density at radius 1 is 1.21 bits per heavy atom. The summed E-state index contributed by atoms with van der Waals surface area (Å²) in [7, 11) is 6.02. The van der Waals surface area contributed by atoms with Crippen LogP contribution in [0.15, 0.2) is 4.99 Å². The van der Waals surface area contributed by atoms with Gasteiger partial charge in [0.05, 0.1) is 6.61 Å². The maximum absolute atomic E-state index is 5.44. The van der Waals surface area contributed by atoms with Crippen molar-refractivity contribution in [3.8, 4) is 0 Å². The zero-order valence-electron chi connectivity index (χ0n) is 16.2. The number of aliphatic imine (C=N–C) groups is 1. The van der Waals surface area contributed by atoms with Crippen LogP contribution >= 0.6 is 0 Å². The number of likely N-dealkylation sites (N-methyl/N-ethyl adjacent to an activating group) is 1. The standard InChI is InChI=1S/C18H38N4O2/c1-5-19-18(20-10-6-11-21(2)13-16-23-4)22(3)12-7-17-8-14-24-15-9-17/h17H,5-16H2,1-4H3,(H,19,20). The van der Waals surface area contributed by atoms with Crippen molar-refractivity contribution in [2.75, 3.05) is 73.7 Å². The molecule has 1 N–H and O–H groups in total. The van der Waals surface area contributed by atoms with Gasteiger partial charge in [-0.3, -0.25) is 4.99 Å². The van der Waals surface area contributed by atoms with Crippen LogP contribution in [0, 0.1) is 5.92 Å². The molecule has 142 valence electrons. The molecule has 1 saturated heterocycles. The highest BCUT2D eigenvalue weighted by Crippen LogP contribution is 2.18. The number of rotatable bonds is 11. The molecule has 1 aliphatic rings. The Morgan fingerprint density at radius 2 is 1.96 bits per heavy atom. The molecule has 1 rings (SSSR count). The maximum atomic E-state index is 5.44. The molecule has 0 bridgehead atoms. The highest BCUT2D eigenvalue weighted by molar-refractivity contribution is 5.79. The Hall–Kier alpha value is -0.850. The summed E-state index contributed by atoms with van der Waals surface area (Å²) >= 11 is 0. The molecule has 0 saturated carbocycles. The summed E-state index contributed by atoms with van der Waals surface area (Å²) in [5, 5.41) is 3.41. The molecule has 0 aromatic rings. The lowest BCUT2D eigenvalue weighted by Crippen LogP contribution is -2.40. The van der Waals surface area contributed by atoms with Gasteiger partial charge in [-0.1, -0.05) is 0 Å². The first kappa shape index (κ1) is 21.2. The first-order valence-electron chi connectivity index (χ1n) is 9.42. The average molecular weight is 343 g/mol. The molecule has 1 aliphatic heterocycles. The Morgan fingerprint density at radius 3 is 2.62 bits per heavy atom. The molecule has 6 heteroatoms. The number of ether oxygens (including phenoxy) is 2. The van der Waals surface area contributed by atoms with Crippen LogP contribution in [0.2, 0.25) is 0 Å². The monoisotopic (exact) mass is 342 g/mol. The Kier molecular flexibility index (Phi) is 11.9. The lowest BCUT2D eigenvalue weighted by atomic mass is 9.96. The van der Waals surface area contributed by atoms with E-state index < -0.39 is 0 Å². The highest BCUT2D eigenvalue weighted by atomic mass is 16.5. The molecule has 24 heavy (non-hydrogen) atoms. The molecule has 0 atom stereocenters. The molecule has 0 aromatic carbocycles. The van der Waals surface area contributed by atoms with Crippen molar-refractivity contribution in [2.24, 2.45) is 10.9 Å². The van der Waals surface area contributed by atoms with Crippen molar-refractivity contribution in [2.45, 2.75) is 32.6 Å². The summed E-state index contributed by atoms with van der Waals surface area (Å²) in [5.41, 5.74) is 0. The molecule has 1 fully saturated rings. The van der Waals surface area contributed by atoms with Gasteiger partial charge in [0.1, 0.15) is 0 Å². The fourth-order valence-corrected chi connectivity index (χ4v) is 2.87. The van der Waals surface area contributed by atoms with Crippen LogP contribution in [0.3, 0.4) is 0 Å². The summed E-state index contributed by atoms with van der Waals surface area (Å²) in [5.74, 6) is 1.84. The molecular weight excluding hydrogens is 304 g/mol. The smallest absolute Gasteiger partial charge is 0.193 e. The largest absolute Gasteiger partial charge is 0.383 e. The SMILES string of the molecule is CCNC(=NCCCN(C)CCOC)N(C)CCC1CCOCC1. The molecule has 0 aliphatic carbocycles. The molecule has 0 unspecified atom stereocenters. The summed E-state index contributed by atoms with van der Waals surface area (Å²) in [4.78, 5) is 9.34. The Balaban J connectivity index is 2.28.